The van der Waals surface area contributed by atoms with E-state index in [1.807, 2.05) is 4.90 Å². The molecule has 1 saturated carbocycles. The lowest BCUT2D eigenvalue weighted by Gasteiger charge is -2.34. The summed E-state index contributed by atoms with van der Waals surface area (Å²) in [7, 11) is 1.51. The number of ether oxygens (including phenoxy) is 1. The molecule has 1 saturated heterocycles. The van der Waals surface area contributed by atoms with Gasteiger partial charge in [0.25, 0.3) is 0 Å². The van der Waals surface area contributed by atoms with E-state index in [9.17, 15) is 9.59 Å². The largest absolute Gasteiger partial charge is 0.375 e. The van der Waals surface area contributed by atoms with Gasteiger partial charge in [-0.25, -0.2) is 0 Å². The van der Waals surface area contributed by atoms with Crippen molar-refractivity contribution in [3.8, 4) is 0 Å². The number of piperidine rings is 1. The summed E-state index contributed by atoms with van der Waals surface area (Å²) in [6.45, 7) is 1.51. The molecule has 2 unspecified atom stereocenters. The summed E-state index contributed by atoms with van der Waals surface area (Å²) < 4.78 is 4.79. The number of hydrogen-bond donors (Lipinski definition) is 2. The Morgan fingerprint density at radius 2 is 1.95 bits per heavy atom. The molecule has 1 heterocycles. The number of nitrogens with two attached hydrogens (primary N) is 1. The Hall–Kier alpha value is -1.14. The highest BCUT2D eigenvalue weighted by atomic mass is 16.5. The van der Waals surface area contributed by atoms with Gasteiger partial charge >= 0.3 is 0 Å². The van der Waals surface area contributed by atoms with E-state index in [2.05, 4.69) is 5.32 Å². The molecular formula is C14H25N3O3. The molecule has 2 fully saturated rings. The average Bonchev–Trinajstić information content (AvgIpc) is 2.85. The highest BCUT2D eigenvalue weighted by Gasteiger charge is 2.34. The fourth-order valence-electron chi connectivity index (χ4n) is 3.17. The second-order valence-electron chi connectivity index (χ2n) is 5.80. The molecule has 0 aromatic heterocycles. The Morgan fingerprint density at radius 1 is 1.25 bits per heavy atom. The molecule has 2 aliphatic rings. The molecule has 1 aliphatic heterocycles. The minimum absolute atomic E-state index is 0.00892. The van der Waals surface area contributed by atoms with E-state index in [-0.39, 0.29) is 36.4 Å². The fourth-order valence-corrected chi connectivity index (χ4v) is 3.17. The molecule has 2 rings (SSSR count). The number of nitrogens with zero attached hydrogens (tertiary/aromatic N) is 1. The Labute approximate surface area is 120 Å². The first-order valence-corrected chi connectivity index (χ1v) is 7.44. The molecule has 6 heteroatoms. The predicted molar refractivity (Wildman–Crippen MR) is 74.9 cm³/mol. The monoisotopic (exact) mass is 283 g/mol. The molecule has 0 bridgehead atoms. The first kappa shape index (κ1) is 15.3. The van der Waals surface area contributed by atoms with Crippen molar-refractivity contribution in [1.29, 1.82) is 0 Å². The molecule has 2 atom stereocenters. The number of nitrogens with one attached hydrogen (secondary N) is 1. The maximum Gasteiger partial charge on any atom is 0.246 e. The summed E-state index contributed by atoms with van der Waals surface area (Å²) in [6, 6.07) is 0.181. The standard InChI is InChI=1S/C14H25N3O3/c1-20-9-13(18)16-10-5-7-17(8-6-10)14(19)11-3-2-4-12(11)15/h10-12H,2-9,15H2,1H3,(H,16,18). The molecule has 0 spiro atoms. The number of likely N-dealkylation sites (tertiary alicyclic amines) is 1. The summed E-state index contributed by atoms with van der Waals surface area (Å²) in [4.78, 5) is 25.7. The third kappa shape index (κ3) is 3.70. The molecule has 3 N–H and O–H groups in total. The van der Waals surface area contributed by atoms with Crippen molar-refractivity contribution in [1.82, 2.24) is 10.2 Å². The zero-order chi connectivity index (χ0) is 14.5. The van der Waals surface area contributed by atoms with E-state index < -0.39 is 0 Å². The molecule has 20 heavy (non-hydrogen) atoms. The van der Waals surface area contributed by atoms with Gasteiger partial charge in [0.2, 0.25) is 11.8 Å². The summed E-state index contributed by atoms with van der Waals surface area (Å²) >= 11 is 0. The van der Waals surface area contributed by atoms with Gasteiger partial charge in [-0.05, 0) is 25.7 Å². The molecular weight excluding hydrogens is 258 g/mol. The van der Waals surface area contributed by atoms with Gasteiger partial charge in [-0.15, -0.1) is 0 Å². The normalized spacial score (nSPS) is 27.6. The van der Waals surface area contributed by atoms with Crippen molar-refractivity contribution >= 4 is 11.8 Å². The lowest BCUT2D eigenvalue weighted by atomic mass is 9.99. The van der Waals surface area contributed by atoms with Gasteiger partial charge in [-0.2, -0.15) is 0 Å². The van der Waals surface area contributed by atoms with Gasteiger partial charge < -0.3 is 20.7 Å². The van der Waals surface area contributed by atoms with Crippen LogP contribution in [0.1, 0.15) is 32.1 Å². The van der Waals surface area contributed by atoms with E-state index in [1.165, 1.54) is 7.11 Å². The van der Waals surface area contributed by atoms with Crippen molar-refractivity contribution in [3.63, 3.8) is 0 Å². The predicted octanol–water partition coefficient (Wildman–Crippen LogP) is -0.133. The fraction of sp³-hybridized carbons (Fsp3) is 0.857. The van der Waals surface area contributed by atoms with E-state index in [0.29, 0.717) is 13.1 Å². The quantitative estimate of drug-likeness (QED) is 0.752. The van der Waals surface area contributed by atoms with Crippen LogP contribution in [0.15, 0.2) is 0 Å². The van der Waals surface area contributed by atoms with Gasteiger partial charge in [0.1, 0.15) is 6.61 Å². The molecule has 114 valence electrons. The van der Waals surface area contributed by atoms with Gasteiger partial charge in [0, 0.05) is 32.3 Å². The van der Waals surface area contributed by atoms with Crippen molar-refractivity contribution in [2.24, 2.45) is 11.7 Å². The smallest absolute Gasteiger partial charge is 0.246 e. The highest BCUT2D eigenvalue weighted by molar-refractivity contribution is 5.80. The van der Waals surface area contributed by atoms with Crippen molar-refractivity contribution in [2.75, 3.05) is 26.8 Å². The maximum absolute atomic E-state index is 12.4. The van der Waals surface area contributed by atoms with Crippen molar-refractivity contribution in [3.05, 3.63) is 0 Å². The number of methoxy groups -OCH3 is 1. The van der Waals surface area contributed by atoms with Crippen LogP contribution in [-0.2, 0) is 14.3 Å². The Kier molecular flexibility index (Phi) is 5.37. The van der Waals surface area contributed by atoms with Crippen LogP contribution >= 0.6 is 0 Å². The topological polar surface area (TPSA) is 84.7 Å². The molecule has 0 radical (unpaired) electrons. The second kappa shape index (κ2) is 7.04. The zero-order valence-corrected chi connectivity index (χ0v) is 12.1. The van der Waals surface area contributed by atoms with Gasteiger partial charge in [0.05, 0.1) is 5.92 Å². The van der Waals surface area contributed by atoms with Crippen LogP contribution in [0, 0.1) is 5.92 Å². The first-order chi connectivity index (χ1) is 9.61. The average molecular weight is 283 g/mol. The lowest BCUT2D eigenvalue weighted by Crippen LogP contribution is -2.50. The lowest BCUT2D eigenvalue weighted by molar-refractivity contribution is -0.137. The molecule has 1 aliphatic carbocycles. The van der Waals surface area contributed by atoms with E-state index in [1.54, 1.807) is 0 Å². The third-order valence-corrected chi connectivity index (χ3v) is 4.33. The Bertz CT molecular complexity index is 354. The van der Waals surface area contributed by atoms with Crippen LogP contribution in [0.3, 0.4) is 0 Å². The number of rotatable bonds is 4. The number of hydrogen-bond acceptors (Lipinski definition) is 4. The minimum atomic E-state index is -0.0879. The van der Waals surface area contributed by atoms with Crippen LogP contribution in [-0.4, -0.2) is 55.6 Å². The van der Waals surface area contributed by atoms with Gasteiger partial charge in [-0.1, -0.05) is 6.42 Å². The van der Waals surface area contributed by atoms with Crippen LogP contribution in [0.4, 0.5) is 0 Å². The van der Waals surface area contributed by atoms with E-state index in [4.69, 9.17) is 10.5 Å². The minimum Gasteiger partial charge on any atom is -0.375 e. The number of amides is 2. The van der Waals surface area contributed by atoms with Crippen LogP contribution in [0.5, 0.6) is 0 Å². The van der Waals surface area contributed by atoms with Crippen molar-refractivity contribution < 1.29 is 14.3 Å². The molecule has 6 nitrogen and oxygen atoms in total. The highest BCUT2D eigenvalue weighted by Crippen LogP contribution is 2.27. The van der Waals surface area contributed by atoms with Crippen molar-refractivity contribution in [2.45, 2.75) is 44.2 Å². The Balaban J connectivity index is 1.76. The van der Waals surface area contributed by atoms with Crippen LogP contribution in [0.2, 0.25) is 0 Å². The molecule has 0 aromatic carbocycles. The first-order valence-electron chi connectivity index (χ1n) is 7.44. The van der Waals surface area contributed by atoms with Crippen LogP contribution < -0.4 is 11.1 Å². The van der Waals surface area contributed by atoms with E-state index in [0.717, 1.165) is 32.1 Å². The summed E-state index contributed by atoms with van der Waals surface area (Å²) in [5, 5.41) is 2.93. The molecule has 2 amide bonds. The van der Waals surface area contributed by atoms with Gasteiger partial charge in [-0.3, -0.25) is 9.59 Å². The third-order valence-electron chi connectivity index (χ3n) is 4.33. The number of carbonyl (C=O) groups is 2. The Morgan fingerprint density at radius 3 is 2.50 bits per heavy atom. The second-order valence-corrected chi connectivity index (χ2v) is 5.80. The zero-order valence-electron chi connectivity index (χ0n) is 12.1. The van der Waals surface area contributed by atoms with Crippen LogP contribution in [0.25, 0.3) is 0 Å². The summed E-state index contributed by atoms with van der Waals surface area (Å²) in [5.74, 6) is 0.126. The summed E-state index contributed by atoms with van der Waals surface area (Å²) in [6.07, 6.45) is 4.55. The van der Waals surface area contributed by atoms with E-state index >= 15 is 0 Å². The van der Waals surface area contributed by atoms with Gasteiger partial charge in [0.15, 0.2) is 0 Å². The summed E-state index contributed by atoms with van der Waals surface area (Å²) in [5.41, 5.74) is 5.99. The SMILES string of the molecule is COCC(=O)NC1CCN(C(=O)C2CCCC2N)CC1. The molecule has 0 aromatic rings. The number of carbonyl (C=O) groups excluding carboxylic acids is 2. The maximum atomic E-state index is 12.4.